The molecule has 0 aliphatic carbocycles. The first kappa shape index (κ1) is 13.6. The minimum absolute atomic E-state index is 0.208. The highest BCUT2D eigenvalue weighted by atomic mass is 15.1. The molecule has 0 fully saturated rings. The van der Waals surface area contributed by atoms with Gasteiger partial charge >= 0.3 is 0 Å². The van der Waals surface area contributed by atoms with Gasteiger partial charge in [-0.3, -0.25) is 4.98 Å². The van der Waals surface area contributed by atoms with Gasteiger partial charge in [-0.2, -0.15) is 10.2 Å². The van der Waals surface area contributed by atoms with Crippen LogP contribution in [0.4, 0.5) is 0 Å². The van der Waals surface area contributed by atoms with Crippen LogP contribution in [0.5, 0.6) is 0 Å². The van der Waals surface area contributed by atoms with E-state index in [-0.39, 0.29) is 6.04 Å². The molecule has 0 saturated heterocycles. The molecule has 1 aromatic carbocycles. The molecule has 2 aromatic heterocycles. The first-order valence-electron chi connectivity index (χ1n) is 7.12. The van der Waals surface area contributed by atoms with Gasteiger partial charge in [-0.05, 0) is 42.7 Å². The third kappa shape index (κ3) is 2.62. The maximum absolute atomic E-state index is 6.46. The molecule has 1 atom stereocenters. The normalized spacial score (nSPS) is 12.5. The van der Waals surface area contributed by atoms with E-state index >= 15 is 0 Å². The molecule has 3 aromatic rings. The highest BCUT2D eigenvalue weighted by Gasteiger charge is 2.15. The zero-order valence-corrected chi connectivity index (χ0v) is 12.2. The number of fused-ring (bicyclic) bond motifs is 1. The average Bonchev–Trinajstić information content (AvgIpc) is 2.53. The van der Waals surface area contributed by atoms with E-state index in [0.29, 0.717) is 0 Å². The van der Waals surface area contributed by atoms with Crippen LogP contribution in [-0.4, -0.2) is 15.2 Å². The van der Waals surface area contributed by atoms with Crippen LogP contribution in [0.15, 0.2) is 42.6 Å². The molecule has 4 heteroatoms. The Morgan fingerprint density at radius 1 is 1.14 bits per heavy atom. The minimum atomic E-state index is -0.208. The number of benzene rings is 1. The van der Waals surface area contributed by atoms with Gasteiger partial charge in [0.05, 0.1) is 22.9 Å². The van der Waals surface area contributed by atoms with Gasteiger partial charge in [-0.25, -0.2) is 0 Å². The van der Waals surface area contributed by atoms with Crippen LogP contribution in [0.2, 0.25) is 0 Å². The molecule has 2 heterocycles. The summed E-state index contributed by atoms with van der Waals surface area (Å²) in [4.78, 5) is 4.39. The monoisotopic (exact) mass is 278 g/mol. The summed E-state index contributed by atoms with van der Waals surface area (Å²) in [6.07, 6.45) is 2.62. The minimum Gasteiger partial charge on any atom is -0.320 e. The Labute approximate surface area is 124 Å². The summed E-state index contributed by atoms with van der Waals surface area (Å²) < 4.78 is 0. The van der Waals surface area contributed by atoms with Crippen LogP contribution in [-0.2, 0) is 6.42 Å². The molecule has 0 bridgehead atoms. The first-order chi connectivity index (χ1) is 10.2. The third-order valence-corrected chi connectivity index (χ3v) is 3.69. The zero-order chi connectivity index (χ0) is 14.8. The SMILES string of the molecule is CCc1nnc(C)cc1C(N)c1ccc2cccnc2c1. The lowest BCUT2D eigenvalue weighted by molar-refractivity contribution is 0.790. The Balaban J connectivity index is 2.07. The molecular weight excluding hydrogens is 260 g/mol. The van der Waals surface area contributed by atoms with E-state index in [1.807, 2.05) is 25.1 Å². The number of pyridine rings is 1. The number of rotatable bonds is 3. The molecule has 21 heavy (non-hydrogen) atoms. The van der Waals surface area contributed by atoms with Crippen molar-refractivity contribution in [1.29, 1.82) is 0 Å². The van der Waals surface area contributed by atoms with E-state index in [1.165, 1.54) is 0 Å². The van der Waals surface area contributed by atoms with Gasteiger partial charge in [0.15, 0.2) is 0 Å². The van der Waals surface area contributed by atoms with Crippen LogP contribution in [0.3, 0.4) is 0 Å². The molecule has 106 valence electrons. The topological polar surface area (TPSA) is 64.7 Å². The van der Waals surface area contributed by atoms with Crippen LogP contribution >= 0.6 is 0 Å². The second kappa shape index (κ2) is 5.58. The molecular formula is C17H18N4. The zero-order valence-electron chi connectivity index (χ0n) is 12.2. The van der Waals surface area contributed by atoms with Crippen molar-refractivity contribution in [1.82, 2.24) is 15.2 Å². The lowest BCUT2D eigenvalue weighted by atomic mass is 9.96. The molecule has 3 rings (SSSR count). The van der Waals surface area contributed by atoms with Gasteiger partial charge in [0, 0.05) is 11.6 Å². The van der Waals surface area contributed by atoms with Crippen molar-refractivity contribution >= 4 is 10.9 Å². The number of hydrogen-bond acceptors (Lipinski definition) is 4. The van der Waals surface area contributed by atoms with Crippen LogP contribution in [0.1, 0.15) is 35.5 Å². The van der Waals surface area contributed by atoms with E-state index in [0.717, 1.165) is 39.8 Å². The molecule has 0 aliphatic rings. The standard InChI is InChI=1S/C17H18N4/c1-3-15-14(9-11(2)20-21-15)17(18)13-7-6-12-5-4-8-19-16(12)10-13/h4-10,17H,3,18H2,1-2H3. The fourth-order valence-corrected chi connectivity index (χ4v) is 2.53. The molecule has 1 unspecified atom stereocenters. The summed E-state index contributed by atoms with van der Waals surface area (Å²) in [5, 5.41) is 9.50. The average molecular weight is 278 g/mol. The number of hydrogen-bond donors (Lipinski definition) is 1. The fraction of sp³-hybridized carbons (Fsp3) is 0.235. The molecule has 0 radical (unpaired) electrons. The predicted octanol–water partition coefficient (Wildman–Crippen LogP) is 2.94. The second-order valence-electron chi connectivity index (χ2n) is 5.17. The van der Waals surface area contributed by atoms with Crippen molar-refractivity contribution in [3.05, 3.63) is 65.1 Å². The van der Waals surface area contributed by atoms with Crippen molar-refractivity contribution in [3.8, 4) is 0 Å². The molecule has 0 spiro atoms. The van der Waals surface area contributed by atoms with Gasteiger partial charge in [-0.15, -0.1) is 0 Å². The molecule has 0 aliphatic heterocycles. The molecule has 4 nitrogen and oxygen atoms in total. The Bertz CT molecular complexity index is 783. The van der Waals surface area contributed by atoms with Gasteiger partial charge in [0.2, 0.25) is 0 Å². The Morgan fingerprint density at radius 3 is 2.81 bits per heavy atom. The summed E-state index contributed by atoms with van der Waals surface area (Å²) >= 11 is 0. The van der Waals surface area contributed by atoms with Crippen molar-refractivity contribution in [2.45, 2.75) is 26.3 Å². The Kier molecular flexibility index (Phi) is 3.62. The van der Waals surface area contributed by atoms with E-state index in [4.69, 9.17) is 5.73 Å². The van der Waals surface area contributed by atoms with Gasteiger partial charge in [0.25, 0.3) is 0 Å². The Hall–Kier alpha value is -2.33. The quantitative estimate of drug-likeness (QED) is 0.800. The summed E-state index contributed by atoms with van der Waals surface area (Å²) in [5.74, 6) is 0. The van der Waals surface area contributed by atoms with Crippen molar-refractivity contribution in [2.24, 2.45) is 5.73 Å². The van der Waals surface area contributed by atoms with Gasteiger partial charge in [0.1, 0.15) is 0 Å². The van der Waals surface area contributed by atoms with Gasteiger partial charge in [-0.1, -0.05) is 25.1 Å². The lowest BCUT2D eigenvalue weighted by Gasteiger charge is -2.16. The third-order valence-electron chi connectivity index (χ3n) is 3.69. The predicted molar refractivity (Wildman–Crippen MR) is 83.9 cm³/mol. The number of nitrogens with two attached hydrogens (primary N) is 1. The summed E-state index contributed by atoms with van der Waals surface area (Å²) in [7, 11) is 0. The molecule has 0 amide bonds. The van der Waals surface area contributed by atoms with Crippen molar-refractivity contribution < 1.29 is 0 Å². The summed E-state index contributed by atoms with van der Waals surface area (Å²) in [5.41, 5.74) is 11.3. The van der Waals surface area contributed by atoms with Crippen LogP contribution in [0, 0.1) is 6.92 Å². The fourth-order valence-electron chi connectivity index (χ4n) is 2.53. The second-order valence-corrected chi connectivity index (χ2v) is 5.17. The summed E-state index contributed by atoms with van der Waals surface area (Å²) in [6, 6.07) is 12.0. The van der Waals surface area contributed by atoms with E-state index in [2.05, 4.69) is 40.3 Å². The molecule has 2 N–H and O–H groups in total. The van der Waals surface area contributed by atoms with Gasteiger partial charge < -0.3 is 5.73 Å². The first-order valence-corrected chi connectivity index (χ1v) is 7.12. The smallest absolute Gasteiger partial charge is 0.0705 e. The maximum atomic E-state index is 6.46. The van der Waals surface area contributed by atoms with E-state index in [1.54, 1.807) is 6.20 Å². The molecule has 0 saturated carbocycles. The van der Waals surface area contributed by atoms with E-state index < -0.39 is 0 Å². The van der Waals surface area contributed by atoms with Crippen LogP contribution < -0.4 is 5.73 Å². The number of nitrogens with zero attached hydrogens (tertiary/aromatic N) is 3. The maximum Gasteiger partial charge on any atom is 0.0705 e. The van der Waals surface area contributed by atoms with Crippen LogP contribution in [0.25, 0.3) is 10.9 Å². The van der Waals surface area contributed by atoms with Crippen molar-refractivity contribution in [3.63, 3.8) is 0 Å². The number of aryl methyl sites for hydroxylation is 2. The number of aromatic nitrogens is 3. The Morgan fingerprint density at radius 2 is 2.00 bits per heavy atom. The van der Waals surface area contributed by atoms with E-state index in [9.17, 15) is 0 Å². The highest BCUT2D eigenvalue weighted by molar-refractivity contribution is 5.79. The largest absolute Gasteiger partial charge is 0.320 e. The lowest BCUT2D eigenvalue weighted by Crippen LogP contribution is -2.16. The summed E-state index contributed by atoms with van der Waals surface area (Å²) in [6.45, 7) is 4.00. The highest BCUT2D eigenvalue weighted by Crippen LogP contribution is 2.25. The van der Waals surface area contributed by atoms with Crippen molar-refractivity contribution in [2.75, 3.05) is 0 Å².